The van der Waals surface area contributed by atoms with Gasteiger partial charge < -0.3 is 10.2 Å². The van der Waals surface area contributed by atoms with Gasteiger partial charge in [-0.15, -0.1) is 11.3 Å². The van der Waals surface area contributed by atoms with Gasteiger partial charge in [0, 0.05) is 25.6 Å². The van der Waals surface area contributed by atoms with Gasteiger partial charge in [-0.2, -0.15) is 0 Å². The number of benzene rings is 1. The van der Waals surface area contributed by atoms with Crippen LogP contribution in [-0.4, -0.2) is 36.3 Å². The highest BCUT2D eigenvalue weighted by Crippen LogP contribution is 2.22. The second-order valence-corrected chi connectivity index (χ2v) is 7.78. The van der Waals surface area contributed by atoms with E-state index in [1.807, 2.05) is 40.6 Å². The van der Waals surface area contributed by atoms with Gasteiger partial charge in [0.1, 0.15) is 0 Å². The molecule has 0 bridgehead atoms. The van der Waals surface area contributed by atoms with Crippen molar-refractivity contribution in [3.63, 3.8) is 0 Å². The van der Waals surface area contributed by atoms with Crippen molar-refractivity contribution < 1.29 is 9.59 Å². The molecule has 1 aromatic carbocycles. The van der Waals surface area contributed by atoms with Crippen LogP contribution in [0.25, 0.3) is 0 Å². The van der Waals surface area contributed by atoms with E-state index in [0.29, 0.717) is 19.0 Å². The van der Waals surface area contributed by atoms with Crippen molar-refractivity contribution in [1.29, 1.82) is 0 Å². The van der Waals surface area contributed by atoms with Crippen LogP contribution in [0.2, 0.25) is 0 Å². The van der Waals surface area contributed by atoms with Crippen LogP contribution in [0, 0.1) is 5.92 Å². The summed E-state index contributed by atoms with van der Waals surface area (Å²) in [6.45, 7) is 4.05. The standard InChI is InChI=1S/C21H26N2O2S/c1-2-16(17-8-4-3-5-9-17)14-22-20(24)18-10-6-12-23(15-18)21(25)19-11-7-13-26-19/h3-5,7-9,11,13,16,18H,2,6,10,12,14-15H2,1H3,(H,22,24). The van der Waals surface area contributed by atoms with Crippen LogP contribution in [0.4, 0.5) is 0 Å². The van der Waals surface area contributed by atoms with E-state index in [1.54, 1.807) is 0 Å². The minimum absolute atomic E-state index is 0.0493. The molecule has 2 unspecified atom stereocenters. The van der Waals surface area contributed by atoms with Crippen LogP contribution < -0.4 is 5.32 Å². The highest BCUT2D eigenvalue weighted by Gasteiger charge is 2.29. The molecule has 0 aliphatic carbocycles. The number of carbonyl (C=O) groups is 2. The molecule has 26 heavy (non-hydrogen) atoms. The molecule has 2 amide bonds. The van der Waals surface area contributed by atoms with Crippen molar-refractivity contribution in [2.75, 3.05) is 19.6 Å². The number of thiophene rings is 1. The van der Waals surface area contributed by atoms with Crippen LogP contribution in [0.15, 0.2) is 47.8 Å². The molecule has 4 nitrogen and oxygen atoms in total. The molecular weight excluding hydrogens is 344 g/mol. The summed E-state index contributed by atoms with van der Waals surface area (Å²) in [5.74, 6) is 0.338. The SMILES string of the molecule is CCC(CNC(=O)C1CCCN(C(=O)c2cccs2)C1)c1ccccc1. The first-order valence-electron chi connectivity index (χ1n) is 9.34. The molecule has 2 aromatic rings. The first kappa shape index (κ1) is 18.6. The number of amides is 2. The molecule has 3 rings (SSSR count). The molecule has 1 saturated heterocycles. The maximum Gasteiger partial charge on any atom is 0.263 e. The quantitative estimate of drug-likeness (QED) is 0.838. The Morgan fingerprint density at radius 2 is 2.04 bits per heavy atom. The molecule has 1 aliphatic heterocycles. The topological polar surface area (TPSA) is 49.4 Å². The number of rotatable bonds is 6. The summed E-state index contributed by atoms with van der Waals surface area (Å²) >= 11 is 1.46. The molecule has 5 heteroatoms. The Bertz CT molecular complexity index is 715. The smallest absolute Gasteiger partial charge is 0.263 e. The Labute approximate surface area is 159 Å². The maximum atomic E-state index is 12.7. The van der Waals surface area contributed by atoms with Crippen LogP contribution in [-0.2, 0) is 4.79 Å². The number of nitrogens with zero attached hydrogens (tertiary/aromatic N) is 1. The fourth-order valence-corrected chi connectivity index (χ4v) is 4.21. The summed E-state index contributed by atoms with van der Waals surface area (Å²) in [6, 6.07) is 14.0. The van der Waals surface area contributed by atoms with Gasteiger partial charge in [0.2, 0.25) is 5.91 Å². The third-order valence-corrected chi connectivity index (χ3v) is 5.96. The van der Waals surface area contributed by atoms with Crippen molar-refractivity contribution in [3.05, 3.63) is 58.3 Å². The molecule has 1 fully saturated rings. The Hall–Kier alpha value is -2.14. The van der Waals surface area contributed by atoms with Crippen molar-refractivity contribution in [1.82, 2.24) is 10.2 Å². The fourth-order valence-electron chi connectivity index (χ4n) is 3.52. The minimum Gasteiger partial charge on any atom is -0.355 e. The van der Waals surface area contributed by atoms with E-state index in [4.69, 9.17) is 0 Å². The molecule has 138 valence electrons. The Balaban J connectivity index is 1.55. The van der Waals surface area contributed by atoms with Crippen LogP contribution in [0.5, 0.6) is 0 Å². The maximum absolute atomic E-state index is 12.7. The van der Waals surface area contributed by atoms with Gasteiger partial charge in [-0.1, -0.05) is 43.3 Å². The summed E-state index contributed by atoms with van der Waals surface area (Å²) < 4.78 is 0. The highest BCUT2D eigenvalue weighted by atomic mass is 32.1. The molecule has 0 saturated carbocycles. The van der Waals surface area contributed by atoms with Gasteiger partial charge in [-0.3, -0.25) is 9.59 Å². The van der Waals surface area contributed by atoms with E-state index in [9.17, 15) is 9.59 Å². The summed E-state index contributed by atoms with van der Waals surface area (Å²) in [4.78, 5) is 27.8. The van der Waals surface area contributed by atoms with Gasteiger partial charge >= 0.3 is 0 Å². The zero-order chi connectivity index (χ0) is 18.4. The lowest BCUT2D eigenvalue weighted by Gasteiger charge is -2.32. The van der Waals surface area contributed by atoms with Gasteiger partial charge in [0.25, 0.3) is 5.91 Å². The molecule has 2 heterocycles. The lowest BCUT2D eigenvalue weighted by atomic mass is 9.94. The average Bonchev–Trinajstić information content (AvgIpc) is 3.23. The van der Waals surface area contributed by atoms with E-state index in [0.717, 1.165) is 30.7 Å². The molecule has 2 atom stereocenters. The van der Waals surface area contributed by atoms with Gasteiger partial charge in [0.15, 0.2) is 0 Å². The molecule has 0 radical (unpaired) electrons. The Morgan fingerprint density at radius 1 is 1.23 bits per heavy atom. The zero-order valence-electron chi connectivity index (χ0n) is 15.2. The summed E-state index contributed by atoms with van der Waals surface area (Å²) in [5, 5.41) is 5.03. The predicted molar refractivity (Wildman–Crippen MR) is 105 cm³/mol. The Kier molecular flexibility index (Phi) is 6.45. The number of piperidine rings is 1. The Morgan fingerprint density at radius 3 is 2.73 bits per heavy atom. The van der Waals surface area contributed by atoms with Crippen molar-refractivity contribution >= 4 is 23.2 Å². The largest absolute Gasteiger partial charge is 0.355 e. The second-order valence-electron chi connectivity index (χ2n) is 6.83. The van der Waals surface area contributed by atoms with E-state index in [1.165, 1.54) is 16.9 Å². The first-order valence-corrected chi connectivity index (χ1v) is 10.2. The number of nitrogens with one attached hydrogen (secondary N) is 1. The van der Waals surface area contributed by atoms with Crippen LogP contribution >= 0.6 is 11.3 Å². The number of carbonyl (C=O) groups excluding carboxylic acids is 2. The fraction of sp³-hybridized carbons (Fsp3) is 0.429. The van der Waals surface area contributed by atoms with Crippen molar-refractivity contribution in [2.24, 2.45) is 5.92 Å². The molecule has 1 aliphatic rings. The third-order valence-electron chi connectivity index (χ3n) is 5.10. The second kappa shape index (κ2) is 8.99. The summed E-state index contributed by atoms with van der Waals surface area (Å²) in [6.07, 6.45) is 2.71. The summed E-state index contributed by atoms with van der Waals surface area (Å²) in [7, 11) is 0. The summed E-state index contributed by atoms with van der Waals surface area (Å²) in [5.41, 5.74) is 1.26. The first-order chi connectivity index (χ1) is 12.7. The van der Waals surface area contributed by atoms with Crippen LogP contribution in [0.3, 0.4) is 0 Å². The molecule has 0 spiro atoms. The lowest BCUT2D eigenvalue weighted by molar-refractivity contribution is -0.126. The van der Waals surface area contributed by atoms with Gasteiger partial charge in [0.05, 0.1) is 10.8 Å². The monoisotopic (exact) mass is 370 g/mol. The van der Waals surface area contributed by atoms with Crippen LogP contribution in [0.1, 0.15) is 47.3 Å². The highest BCUT2D eigenvalue weighted by molar-refractivity contribution is 7.12. The molecule has 1 aromatic heterocycles. The van der Waals surface area contributed by atoms with Crippen molar-refractivity contribution in [3.8, 4) is 0 Å². The molecule has 1 N–H and O–H groups in total. The van der Waals surface area contributed by atoms with Crippen molar-refractivity contribution in [2.45, 2.75) is 32.1 Å². The number of hydrogen-bond acceptors (Lipinski definition) is 3. The van der Waals surface area contributed by atoms with E-state index in [-0.39, 0.29) is 17.7 Å². The van der Waals surface area contributed by atoms with E-state index in [2.05, 4.69) is 24.4 Å². The number of likely N-dealkylation sites (tertiary alicyclic amines) is 1. The predicted octanol–water partition coefficient (Wildman–Crippen LogP) is 3.91. The minimum atomic E-state index is -0.110. The molecular formula is C21H26N2O2S. The number of hydrogen-bond donors (Lipinski definition) is 1. The lowest BCUT2D eigenvalue weighted by Crippen LogP contribution is -2.45. The zero-order valence-corrected chi connectivity index (χ0v) is 16.0. The van der Waals surface area contributed by atoms with E-state index < -0.39 is 0 Å². The van der Waals surface area contributed by atoms with Gasteiger partial charge in [-0.25, -0.2) is 0 Å². The third kappa shape index (κ3) is 4.52. The van der Waals surface area contributed by atoms with E-state index >= 15 is 0 Å². The van der Waals surface area contributed by atoms with Gasteiger partial charge in [-0.05, 0) is 36.3 Å². The average molecular weight is 371 g/mol. The normalized spacial score (nSPS) is 18.3.